The first-order valence-electron chi connectivity index (χ1n) is 4.08. The first-order chi connectivity index (χ1) is 7.30. The number of halogens is 5. The van der Waals surface area contributed by atoms with Crippen LogP contribution in [0.5, 0.6) is 0 Å². The highest BCUT2D eigenvalue weighted by atomic mass is 19.4. The Morgan fingerprint density at radius 2 is 1.69 bits per heavy atom. The minimum atomic E-state index is -5.25. The molecule has 0 aromatic heterocycles. The zero-order valence-corrected chi connectivity index (χ0v) is 7.68. The summed E-state index contributed by atoms with van der Waals surface area (Å²) in [5.74, 6) is -2.45. The van der Waals surface area contributed by atoms with Crippen molar-refractivity contribution in [1.82, 2.24) is 0 Å². The van der Waals surface area contributed by atoms with Gasteiger partial charge in [0.25, 0.3) is 12.1 Å². The maximum atomic E-state index is 12.5. The molecule has 0 saturated carbocycles. The number of hydrogen-bond acceptors (Lipinski definition) is 1. The molecular formula is C9H6F5NO. The van der Waals surface area contributed by atoms with E-state index in [-0.39, 0.29) is 5.69 Å². The van der Waals surface area contributed by atoms with Crippen LogP contribution in [0.25, 0.3) is 0 Å². The Morgan fingerprint density at radius 1 is 1.19 bits per heavy atom. The van der Waals surface area contributed by atoms with Gasteiger partial charge in [0.15, 0.2) is 0 Å². The number of alkyl halides is 4. The van der Waals surface area contributed by atoms with Gasteiger partial charge in [-0.15, -0.1) is 0 Å². The summed E-state index contributed by atoms with van der Waals surface area (Å²) in [4.78, 5) is 10.7. The van der Waals surface area contributed by atoms with E-state index in [1.807, 2.05) is 0 Å². The molecule has 0 fully saturated rings. The van der Waals surface area contributed by atoms with Gasteiger partial charge in [-0.2, -0.15) is 13.2 Å². The molecule has 16 heavy (non-hydrogen) atoms. The van der Waals surface area contributed by atoms with Gasteiger partial charge in [0.2, 0.25) is 0 Å². The molecule has 0 heterocycles. The number of hydrogen-bond donors (Lipinski definition) is 1. The quantitative estimate of drug-likeness (QED) is 0.790. The predicted octanol–water partition coefficient (Wildman–Crippen LogP) is 2.66. The van der Waals surface area contributed by atoms with Crippen molar-refractivity contribution < 1.29 is 26.7 Å². The van der Waals surface area contributed by atoms with E-state index < -0.39 is 24.1 Å². The van der Waals surface area contributed by atoms with E-state index in [0.717, 1.165) is 24.3 Å². The number of carbonyl (C=O) groups is 1. The van der Waals surface area contributed by atoms with Crippen molar-refractivity contribution in [2.75, 3.05) is 5.32 Å². The molecule has 1 N–H and O–H groups in total. The molecule has 0 aliphatic carbocycles. The molecule has 0 aliphatic heterocycles. The highest BCUT2D eigenvalue weighted by Gasteiger charge is 2.45. The molecule has 1 amide bonds. The lowest BCUT2D eigenvalue weighted by atomic mass is 10.3. The van der Waals surface area contributed by atoms with Gasteiger partial charge >= 0.3 is 6.18 Å². The van der Waals surface area contributed by atoms with Gasteiger partial charge in [-0.3, -0.25) is 4.79 Å². The Labute approximate surface area is 87.1 Å². The fourth-order valence-corrected chi connectivity index (χ4v) is 0.887. The molecule has 0 saturated heterocycles. The van der Waals surface area contributed by atoms with Crippen LogP contribution in [-0.4, -0.2) is 18.3 Å². The topological polar surface area (TPSA) is 29.1 Å². The highest BCUT2D eigenvalue weighted by Crippen LogP contribution is 2.24. The monoisotopic (exact) mass is 239 g/mol. The summed E-state index contributed by atoms with van der Waals surface area (Å²) in [6.45, 7) is 0. The Balaban J connectivity index is 2.68. The lowest BCUT2D eigenvalue weighted by Gasteiger charge is -2.12. The Hall–Kier alpha value is -1.66. The molecular weight excluding hydrogens is 233 g/mol. The lowest BCUT2D eigenvalue weighted by Crippen LogP contribution is -2.36. The summed E-state index contributed by atoms with van der Waals surface area (Å²) < 4.78 is 60.2. The van der Waals surface area contributed by atoms with Crippen molar-refractivity contribution in [3.8, 4) is 0 Å². The van der Waals surface area contributed by atoms with Gasteiger partial charge in [-0.1, -0.05) is 0 Å². The average molecular weight is 239 g/mol. The summed E-state index contributed by atoms with van der Waals surface area (Å²) >= 11 is 0. The van der Waals surface area contributed by atoms with Crippen LogP contribution in [0.3, 0.4) is 0 Å². The van der Waals surface area contributed by atoms with E-state index in [2.05, 4.69) is 0 Å². The maximum Gasteiger partial charge on any atom is 0.428 e. The summed E-state index contributed by atoms with van der Waals surface area (Å²) in [6, 6.07) is 3.90. The van der Waals surface area contributed by atoms with Crippen molar-refractivity contribution in [3.63, 3.8) is 0 Å². The van der Waals surface area contributed by atoms with Crippen molar-refractivity contribution >= 4 is 11.6 Å². The van der Waals surface area contributed by atoms with Gasteiger partial charge in [0.1, 0.15) is 5.82 Å². The molecule has 0 radical (unpaired) electrons. The molecule has 1 aromatic carbocycles. The number of nitrogens with one attached hydrogen (secondary N) is 1. The van der Waals surface area contributed by atoms with E-state index in [9.17, 15) is 26.7 Å². The zero-order valence-electron chi connectivity index (χ0n) is 7.68. The molecule has 0 spiro atoms. The van der Waals surface area contributed by atoms with Crippen LogP contribution in [-0.2, 0) is 4.79 Å². The van der Waals surface area contributed by atoms with Gasteiger partial charge in [-0.05, 0) is 24.3 Å². The SMILES string of the molecule is O=C(Nc1ccc(F)cc1)C(F)C(F)(F)F. The number of rotatable bonds is 2. The van der Waals surface area contributed by atoms with Crippen molar-refractivity contribution in [2.24, 2.45) is 0 Å². The lowest BCUT2D eigenvalue weighted by molar-refractivity contribution is -0.183. The Bertz CT molecular complexity index is 372. The average Bonchev–Trinajstić information content (AvgIpc) is 2.19. The normalized spacial score (nSPS) is 13.3. The summed E-state index contributed by atoms with van der Waals surface area (Å²) in [7, 11) is 0. The van der Waals surface area contributed by atoms with Crippen molar-refractivity contribution in [3.05, 3.63) is 30.1 Å². The first kappa shape index (κ1) is 12.4. The molecule has 2 nitrogen and oxygen atoms in total. The second-order valence-corrected chi connectivity index (χ2v) is 2.90. The second kappa shape index (κ2) is 4.46. The van der Waals surface area contributed by atoms with Gasteiger partial charge in [-0.25, -0.2) is 8.78 Å². The van der Waals surface area contributed by atoms with Crippen molar-refractivity contribution in [2.45, 2.75) is 12.3 Å². The Morgan fingerprint density at radius 3 is 2.12 bits per heavy atom. The predicted molar refractivity (Wildman–Crippen MR) is 46.0 cm³/mol. The molecule has 7 heteroatoms. The standard InChI is InChI=1S/C9H6F5NO/c10-5-1-3-6(4-2-5)15-8(16)7(11)9(12,13)14/h1-4,7H,(H,15,16). The summed E-state index contributed by atoms with van der Waals surface area (Å²) in [6.07, 6.45) is -8.85. The molecule has 1 rings (SSSR count). The second-order valence-electron chi connectivity index (χ2n) is 2.90. The number of anilines is 1. The molecule has 0 bridgehead atoms. The van der Waals surface area contributed by atoms with E-state index in [1.165, 1.54) is 0 Å². The number of amides is 1. The van der Waals surface area contributed by atoms with Crippen LogP contribution in [0.1, 0.15) is 0 Å². The minimum absolute atomic E-state index is 0.113. The Kier molecular flexibility index (Phi) is 3.46. The molecule has 0 aliphatic rings. The zero-order chi connectivity index (χ0) is 12.3. The molecule has 1 unspecified atom stereocenters. The van der Waals surface area contributed by atoms with E-state index in [1.54, 1.807) is 5.32 Å². The molecule has 88 valence electrons. The third-order valence-corrected chi connectivity index (χ3v) is 1.63. The van der Waals surface area contributed by atoms with E-state index in [0.29, 0.717) is 0 Å². The fourth-order valence-electron chi connectivity index (χ4n) is 0.887. The molecule has 1 atom stereocenters. The minimum Gasteiger partial charge on any atom is -0.323 e. The summed E-state index contributed by atoms with van der Waals surface area (Å²) in [5, 5.41) is 1.67. The van der Waals surface area contributed by atoms with E-state index >= 15 is 0 Å². The third kappa shape index (κ3) is 3.18. The molecule has 1 aromatic rings. The number of carbonyl (C=O) groups excluding carboxylic acids is 1. The highest BCUT2D eigenvalue weighted by molar-refractivity contribution is 5.94. The largest absolute Gasteiger partial charge is 0.428 e. The maximum absolute atomic E-state index is 12.5. The van der Waals surface area contributed by atoms with Crippen LogP contribution >= 0.6 is 0 Å². The van der Waals surface area contributed by atoms with E-state index in [4.69, 9.17) is 0 Å². The van der Waals surface area contributed by atoms with Crippen LogP contribution in [0.15, 0.2) is 24.3 Å². The smallest absolute Gasteiger partial charge is 0.323 e. The van der Waals surface area contributed by atoms with Gasteiger partial charge in [0, 0.05) is 5.69 Å². The van der Waals surface area contributed by atoms with Gasteiger partial charge in [0.05, 0.1) is 0 Å². The summed E-state index contributed by atoms with van der Waals surface area (Å²) in [5.41, 5.74) is -0.113. The van der Waals surface area contributed by atoms with Crippen LogP contribution < -0.4 is 5.32 Å². The van der Waals surface area contributed by atoms with Gasteiger partial charge < -0.3 is 5.32 Å². The van der Waals surface area contributed by atoms with Crippen LogP contribution in [0.4, 0.5) is 27.6 Å². The van der Waals surface area contributed by atoms with Crippen LogP contribution in [0.2, 0.25) is 0 Å². The fraction of sp³-hybridized carbons (Fsp3) is 0.222. The number of benzene rings is 1. The third-order valence-electron chi connectivity index (χ3n) is 1.63. The first-order valence-corrected chi connectivity index (χ1v) is 4.08. The van der Waals surface area contributed by atoms with Crippen molar-refractivity contribution in [1.29, 1.82) is 0 Å². The van der Waals surface area contributed by atoms with Crippen LogP contribution in [0, 0.1) is 5.82 Å².